The molecule has 0 aliphatic heterocycles. The molecule has 0 radical (unpaired) electrons. The second kappa shape index (κ2) is 5.99. The summed E-state index contributed by atoms with van der Waals surface area (Å²) in [6.45, 7) is 2.59. The van der Waals surface area contributed by atoms with Crippen LogP contribution in [0, 0.1) is 17.0 Å². The number of aromatic amines is 1. The van der Waals surface area contributed by atoms with Crippen LogP contribution in [0.5, 0.6) is 0 Å². The summed E-state index contributed by atoms with van der Waals surface area (Å²) >= 11 is 0. The summed E-state index contributed by atoms with van der Waals surface area (Å²) in [7, 11) is 0. The maximum absolute atomic E-state index is 10.9. The number of benzene rings is 1. The first-order chi connectivity index (χ1) is 9.16. The molecule has 0 aliphatic rings. The zero-order valence-corrected chi connectivity index (χ0v) is 10.7. The third-order valence-corrected chi connectivity index (χ3v) is 2.81. The molecule has 0 saturated carbocycles. The largest absolute Gasteiger partial charge is 0.379 e. The number of H-pyrrole nitrogens is 1. The highest BCUT2D eigenvalue weighted by Gasteiger charge is 2.12. The van der Waals surface area contributed by atoms with Crippen molar-refractivity contribution in [3.63, 3.8) is 0 Å². The minimum atomic E-state index is -0.367. The molecule has 0 aliphatic carbocycles. The fourth-order valence-corrected chi connectivity index (χ4v) is 1.86. The van der Waals surface area contributed by atoms with E-state index in [0.29, 0.717) is 12.2 Å². The van der Waals surface area contributed by atoms with Crippen molar-refractivity contribution in [2.24, 2.45) is 0 Å². The number of aromatic nitrogens is 2. The lowest BCUT2D eigenvalue weighted by atomic mass is 10.2. The van der Waals surface area contributed by atoms with Gasteiger partial charge in [0.2, 0.25) is 0 Å². The molecule has 100 valence electrons. The van der Waals surface area contributed by atoms with Crippen molar-refractivity contribution < 1.29 is 4.92 Å². The number of aryl methyl sites for hydroxylation is 2. The fraction of sp³-hybridized carbons (Fsp3) is 0.308. The molecule has 0 saturated heterocycles. The highest BCUT2D eigenvalue weighted by molar-refractivity contribution is 5.62. The van der Waals surface area contributed by atoms with E-state index in [2.05, 4.69) is 15.3 Å². The Hall–Kier alpha value is -2.37. The highest BCUT2D eigenvalue weighted by atomic mass is 16.6. The monoisotopic (exact) mass is 260 g/mol. The van der Waals surface area contributed by atoms with Crippen LogP contribution in [-0.4, -0.2) is 21.4 Å². The van der Waals surface area contributed by atoms with Gasteiger partial charge < -0.3 is 10.3 Å². The first kappa shape index (κ1) is 13.1. The van der Waals surface area contributed by atoms with Crippen LogP contribution in [0.25, 0.3) is 0 Å². The van der Waals surface area contributed by atoms with Crippen molar-refractivity contribution in [2.75, 3.05) is 11.9 Å². The summed E-state index contributed by atoms with van der Waals surface area (Å²) in [6, 6.07) is 5.07. The highest BCUT2D eigenvalue weighted by Crippen LogP contribution is 2.25. The van der Waals surface area contributed by atoms with Crippen molar-refractivity contribution in [1.29, 1.82) is 0 Å². The molecule has 0 spiro atoms. The van der Waals surface area contributed by atoms with E-state index in [0.717, 1.165) is 24.2 Å². The maximum Gasteiger partial charge on any atom is 0.292 e. The van der Waals surface area contributed by atoms with Crippen LogP contribution in [0.3, 0.4) is 0 Å². The number of rotatable bonds is 6. The number of nitro groups is 1. The molecule has 6 heteroatoms. The van der Waals surface area contributed by atoms with Crippen LogP contribution in [0.15, 0.2) is 30.6 Å². The van der Waals surface area contributed by atoms with E-state index in [1.807, 2.05) is 6.92 Å². The molecule has 1 aromatic heterocycles. The molecule has 2 rings (SSSR count). The predicted molar refractivity (Wildman–Crippen MR) is 73.2 cm³/mol. The van der Waals surface area contributed by atoms with Gasteiger partial charge in [0.1, 0.15) is 11.5 Å². The molecular weight excluding hydrogens is 244 g/mol. The molecule has 0 fully saturated rings. The summed E-state index contributed by atoms with van der Waals surface area (Å²) in [6.07, 6.45) is 5.18. The lowest BCUT2D eigenvalue weighted by Gasteiger charge is -2.07. The summed E-state index contributed by atoms with van der Waals surface area (Å²) in [5, 5.41) is 14.0. The standard InChI is InChI=1S/C13H16N4O2/c1-10-4-5-12(17(18)19)11(9-10)14-6-2-3-13-15-7-8-16-13/h4-5,7-9,14H,2-3,6H2,1H3,(H,15,16). The first-order valence-electron chi connectivity index (χ1n) is 6.14. The van der Waals surface area contributed by atoms with E-state index in [1.165, 1.54) is 6.07 Å². The predicted octanol–water partition coefficient (Wildman–Crippen LogP) is 2.67. The van der Waals surface area contributed by atoms with Crippen LogP contribution < -0.4 is 5.32 Å². The van der Waals surface area contributed by atoms with Crippen LogP contribution in [0.2, 0.25) is 0 Å². The second-order valence-electron chi connectivity index (χ2n) is 4.34. The number of anilines is 1. The summed E-state index contributed by atoms with van der Waals surface area (Å²) < 4.78 is 0. The molecular formula is C13H16N4O2. The van der Waals surface area contributed by atoms with Gasteiger partial charge in [-0.3, -0.25) is 10.1 Å². The SMILES string of the molecule is Cc1ccc([N+](=O)[O-])c(NCCCc2ncc[nH]2)c1. The van der Waals surface area contributed by atoms with E-state index in [-0.39, 0.29) is 10.6 Å². The van der Waals surface area contributed by atoms with Gasteiger partial charge in [-0.1, -0.05) is 6.07 Å². The molecule has 19 heavy (non-hydrogen) atoms. The maximum atomic E-state index is 10.9. The van der Waals surface area contributed by atoms with E-state index in [9.17, 15) is 10.1 Å². The average molecular weight is 260 g/mol. The van der Waals surface area contributed by atoms with Crippen molar-refractivity contribution in [3.8, 4) is 0 Å². The molecule has 2 N–H and O–H groups in total. The van der Waals surface area contributed by atoms with Crippen molar-refractivity contribution in [1.82, 2.24) is 9.97 Å². The van der Waals surface area contributed by atoms with Gasteiger partial charge in [-0.05, 0) is 25.0 Å². The van der Waals surface area contributed by atoms with Crippen LogP contribution in [0.1, 0.15) is 17.8 Å². The van der Waals surface area contributed by atoms with E-state index in [4.69, 9.17) is 0 Å². The van der Waals surface area contributed by atoms with Gasteiger partial charge in [-0.15, -0.1) is 0 Å². The number of imidazole rings is 1. The Morgan fingerprint density at radius 2 is 2.32 bits per heavy atom. The zero-order valence-electron chi connectivity index (χ0n) is 10.7. The molecule has 0 unspecified atom stereocenters. The van der Waals surface area contributed by atoms with Gasteiger partial charge in [0.25, 0.3) is 5.69 Å². The van der Waals surface area contributed by atoms with Gasteiger partial charge in [0.15, 0.2) is 0 Å². The Morgan fingerprint density at radius 3 is 3.00 bits per heavy atom. The van der Waals surface area contributed by atoms with Gasteiger partial charge in [0, 0.05) is 31.4 Å². The van der Waals surface area contributed by atoms with Crippen molar-refractivity contribution in [2.45, 2.75) is 19.8 Å². The Morgan fingerprint density at radius 1 is 1.47 bits per heavy atom. The summed E-state index contributed by atoms with van der Waals surface area (Å²) in [5.74, 6) is 0.931. The molecule has 0 amide bonds. The molecule has 2 aromatic rings. The minimum Gasteiger partial charge on any atom is -0.379 e. The first-order valence-corrected chi connectivity index (χ1v) is 6.14. The van der Waals surface area contributed by atoms with E-state index < -0.39 is 0 Å². The summed E-state index contributed by atoms with van der Waals surface area (Å²) in [5.41, 5.74) is 1.69. The number of nitrogens with one attached hydrogen (secondary N) is 2. The molecule has 6 nitrogen and oxygen atoms in total. The normalized spacial score (nSPS) is 10.4. The number of nitrogens with zero attached hydrogens (tertiary/aromatic N) is 2. The second-order valence-corrected chi connectivity index (χ2v) is 4.34. The van der Waals surface area contributed by atoms with Gasteiger partial charge >= 0.3 is 0 Å². The molecule has 1 aromatic carbocycles. The van der Waals surface area contributed by atoms with E-state index in [1.54, 1.807) is 24.5 Å². The van der Waals surface area contributed by atoms with Gasteiger partial charge in [0.05, 0.1) is 4.92 Å². The van der Waals surface area contributed by atoms with Gasteiger partial charge in [-0.25, -0.2) is 4.98 Å². The van der Waals surface area contributed by atoms with Crippen LogP contribution in [0.4, 0.5) is 11.4 Å². The Kier molecular flexibility index (Phi) is 4.12. The number of nitro benzene ring substituents is 1. The van der Waals surface area contributed by atoms with Crippen LogP contribution >= 0.6 is 0 Å². The molecule has 0 bridgehead atoms. The summed E-state index contributed by atoms with van der Waals surface area (Å²) in [4.78, 5) is 17.7. The zero-order chi connectivity index (χ0) is 13.7. The number of hydrogen-bond donors (Lipinski definition) is 2. The Labute approximate surface area is 111 Å². The average Bonchev–Trinajstić information content (AvgIpc) is 2.87. The fourth-order valence-electron chi connectivity index (χ4n) is 1.86. The lowest BCUT2D eigenvalue weighted by molar-refractivity contribution is -0.384. The third-order valence-electron chi connectivity index (χ3n) is 2.81. The minimum absolute atomic E-state index is 0.114. The molecule has 0 atom stereocenters. The number of hydrogen-bond acceptors (Lipinski definition) is 4. The Bertz CT molecular complexity index is 552. The smallest absolute Gasteiger partial charge is 0.292 e. The molecule has 1 heterocycles. The topological polar surface area (TPSA) is 83.8 Å². The third kappa shape index (κ3) is 3.54. The Balaban J connectivity index is 1.91. The van der Waals surface area contributed by atoms with Crippen molar-refractivity contribution in [3.05, 3.63) is 52.1 Å². The lowest BCUT2D eigenvalue weighted by Crippen LogP contribution is -2.06. The quantitative estimate of drug-likeness (QED) is 0.475. The van der Waals surface area contributed by atoms with Gasteiger partial charge in [-0.2, -0.15) is 0 Å². The van der Waals surface area contributed by atoms with Crippen LogP contribution in [-0.2, 0) is 6.42 Å². The van der Waals surface area contributed by atoms with E-state index >= 15 is 0 Å². The van der Waals surface area contributed by atoms with Crippen molar-refractivity contribution >= 4 is 11.4 Å².